The number of rotatable bonds is 5. The summed E-state index contributed by atoms with van der Waals surface area (Å²) in [6.07, 6.45) is 6.52. The highest BCUT2D eigenvalue weighted by Crippen LogP contribution is 2.10. The topological polar surface area (TPSA) is 12.0 Å². The highest BCUT2D eigenvalue weighted by molar-refractivity contribution is 6.30. The van der Waals surface area contributed by atoms with Crippen LogP contribution in [0, 0.1) is 0 Å². The molecule has 0 radical (unpaired) electrons. The van der Waals surface area contributed by atoms with E-state index in [4.69, 9.17) is 11.6 Å². The number of aryl methyl sites for hydroxylation is 1. The molecule has 2 heteroatoms. The van der Waals surface area contributed by atoms with E-state index in [0.717, 1.165) is 24.4 Å². The summed E-state index contributed by atoms with van der Waals surface area (Å²) in [4.78, 5) is 0. The van der Waals surface area contributed by atoms with Gasteiger partial charge in [0.1, 0.15) is 0 Å². The van der Waals surface area contributed by atoms with Gasteiger partial charge in [0.05, 0.1) is 0 Å². The van der Waals surface area contributed by atoms with Gasteiger partial charge >= 0.3 is 0 Å². The molecule has 0 bridgehead atoms. The third kappa shape index (κ3) is 4.45. The van der Waals surface area contributed by atoms with Crippen molar-refractivity contribution >= 4 is 11.6 Å². The van der Waals surface area contributed by atoms with E-state index >= 15 is 0 Å². The van der Waals surface area contributed by atoms with Crippen molar-refractivity contribution in [3.05, 3.63) is 47.0 Å². The molecule has 0 unspecified atom stereocenters. The summed E-state index contributed by atoms with van der Waals surface area (Å²) in [7, 11) is 1.95. The molecule has 0 saturated heterocycles. The monoisotopic (exact) mass is 209 g/mol. The Kier molecular flexibility index (Phi) is 5.35. The SMILES string of the molecule is CNCC=CCCc1ccc(Cl)cc1. The first kappa shape index (κ1) is 11.3. The third-order valence-corrected chi connectivity index (χ3v) is 2.25. The number of hydrogen-bond acceptors (Lipinski definition) is 1. The molecule has 0 amide bonds. The van der Waals surface area contributed by atoms with Crippen molar-refractivity contribution in [2.75, 3.05) is 13.6 Å². The highest BCUT2D eigenvalue weighted by atomic mass is 35.5. The largest absolute Gasteiger partial charge is 0.316 e. The summed E-state index contributed by atoms with van der Waals surface area (Å²) >= 11 is 5.79. The predicted octanol–water partition coefficient (Wildman–Crippen LogP) is 3.05. The Labute approximate surface area is 90.8 Å². The molecule has 0 fully saturated rings. The Morgan fingerprint density at radius 1 is 1.21 bits per heavy atom. The Bertz CT molecular complexity index is 277. The van der Waals surface area contributed by atoms with Crippen LogP contribution in [0.4, 0.5) is 0 Å². The fourth-order valence-electron chi connectivity index (χ4n) is 1.22. The zero-order valence-corrected chi connectivity index (χ0v) is 9.22. The molecule has 14 heavy (non-hydrogen) atoms. The summed E-state index contributed by atoms with van der Waals surface area (Å²) in [5.41, 5.74) is 1.34. The smallest absolute Gasteiger partial charge is 0.0406 e. The van der Waals surface area contributed by atoms with Crippen molar-refractivity contribution in [2.45, 2.75) is 12.8 Å². The minimum absolute atomic E-state index is 0.805. The van der Waals surface area contributed by atoms with Crippen LogP contribution in [0.1, 0.15) is 12.0 Å². The molecule has 1 aromatic carbocycles. The first-order chi connectivity index (χ1) is 6.83. The van der Waals surface area contributed by atoms with E-state index in [0.29, 0.717) is 0 Å². The van der Waals surface area contributed by atoms with Gasteiger partial charge in [0.25, 0.3) is 0 Å². The molecule has 1 N–H and O–H groups in total. The van der Waals surface area contributed by atoms with Crippen molar-refractivity contribution in [3.63, 3.8) is 0 Å². The predicted molar refractivity (Wildman–Crippen MR) is 62.8 cm³/mol. The van der Waals surface area contributed by atoms with Crippen LogP contribution in [0.15, 0.2) is 36.4 Å². The van der Waals surface area contributed by atoms with Gasteiger partial charge in [0, 0.05) is 11.6 Å². The van der Waals surface area contributed by atoms with Crippen molar-refractivity contribution in [1.82, 2.24) is 5.32 Å². The van der Waals surface area contributed by atoms with Crippen LogP contribution in [-0.4, -0.2) is 13.6 Å². The van der Waals surface area contributed by atoms with E-state index in [9.17, 15) is 0 Å². The molecule has 1 rings (SSSR count). The molecule has 0 aliphatic carbocycles. The number of benzene rings is 1. The van der Waals surface area contributed by atoms with Gasteiger partial charge in [-0.15, -0.1) is 0 Å². The Morgan fingerprint density at radius 3 is 2.57 bits per heavy atom. The maximum absolute atomic E-state index is 5.79. The minimum atomic E-state index is 0.805. The van der Waals surface area contributed by atoms with Crippen molar-refractivity contribution < 1.29 is 0 Å². The van der Waals surface area contributed by atoms with E-state index in [1.165, 1.54) is 5.56 Å². The lowest BCUT2D eigenvalue weighted by atomic mass is 10.1. The Balaban J connectivity index is 2.28. The molecule has 0 aliphatic rings. The quantitative estimate of drug-likeness (QED) is 0.736. The van der Waals surface area contributed by atoms with Gasteiger partial charge in [0.15, 0.2) is 0 Å². The molecule has 0 spiro atoms. The van der Waals surface area contributed by atoms with E-state index in [1.54, 1.807) is 0 Å². The molecular formula is C12H16ClN. The molecule has 0 atom stereocenters. The second-order valence-corrected chi connectivity index (χ2v) is 3.63. The highest BCUT2D eigenvalue weighted by Gasteiger charge is 1.90. The standard InChI is InChI=1S/C12H16ClN/c1-14-10-4-2-3-5-11-6-8-12(13)9-7-11/h2,4,6-9,14H,3,5,10H2,1H3. The fourth-order valence-corrected chi connectivity index (χ4v) is 1.35. The van der Waals surface area contributed by atoms with Gasteiger partial charge < -0.3 is 5.32 Å². The first-order valence-electron chi connectivity index (χ1n) is 4.87. The van der Waals surface area contributed by atoms with Crippen LogP contribution in [-0.2, 0) is 6.42 Å². The maximum Gasteiger partial charge on any atom is 0.0406 e. The number of likely N-dealkylation sites (N-methyl/N-ethyl adjacent to an activating group) is 1. The van der Waals surface area contributed by atoms with Gasteiger partial charge in [-0.25, -0.2) is 0 Å². The summed E-state index contributed by atoms with van der Waals surface area (Å²) in [5, 5.41) is 3.87. The average Bonchev–Trinajstić information content (AvgIpc) is 2.21. The van der Waals surface area contributed by atoms with Crippen LogP contribution in [0.25, 0.3) is 0 Å². The fraction of sp³-hybridized carbons (Fsp3) is 0.333. The minimum Gasteiger partial charge on any atom is -0.316 e. The van der Waals surface area contributed by atoms with Gasteiger partial charge in [-0.3, -0.25) is 0 Å². The van der Waals surface area contributed by atoms with Gasteiger partial charge in [-0.2, -0.15) is 0 Å². The Morgan fingerprint density at radius 2 is 1.93 bits per heavy atom. The van der Waals surface area contributed by atoms with E-state index in [2.05, 4.69) is 29.6 Å². The molecular weight excluding hydrogens is 194 g/mol. The van der Waals surface area contributed by atoms with E-state index in [1.807, 2.05) is 19.2 Å². The lowest BCUT2D eigenvalue weighted by Crippen LogP contribution is -2.03. The molecule has 76 valence electrons. The summed E-state index contributed by atoms with van der Waals surface area (Å²) in [5.74, 6) is 0. The first-order valence-corrected chi connectivity index (χ1v) is 5.25. The second-order valence-electron chi connectivity index (χ2n) is 3.19. The zero-order chi connectivity index (χ0) is 10.2. The van der Waals surface area contributed by atoms with Crippen molar-refractivity contribution in [3.8, 4) is 0 Å². The van der Waals surface area contributed by atoms with Crippen LogP contribution >= 0.6 is 11.6 Å². The van der Waals surface area contributed by atoms with E-state index in [-0.39, 0.29) is 0 Å². The van der Waals surface area contributed by atoms with Gasteiger partial charge in [-0.05, 0) is 37.6 Å². The van der Waals surface area contributed by atoms with Crippen LogP contribution in [0.3, 0.4) is 0 Å². The number of halogens is 1. The summed E-state index contributed by atoms with van der Waals surface area (Å²) < 4.78 is 0. The molecule has 0 aliphatic heterocycles. The second kappa shape index (κ2) is 6.63. The number of nitrogens with one attached hydrogen (secondary N) is 1. The molecule has 1 nitrogen and oxygen atoms in total. The number of allylic oxidation sites excluding steroid dienone is 1. The molecule has 1 aromatic rings. The summed E-state index contributed by atoms with van der Waals surface area (Å²) in [6.45, 7) is 0.945. The van der Waals surface area contributed by atoms with Gasteiger partial charge in [-0.1, -0.05) is 35.9 Å². The van der Waals surface area contributed by atoms with Crippen LogP contribution in [0.5, 0.6) is 0 Å². The van der Waals surface area contributed by atoms with Crippen molar-refractivity contribution in [1.29, 1.82) is 0 Å². The average molecular weight is 210 g/mol. The lowest BCUT2D eigenvalue weighted by molar-refractivity contribution is 0.908. The number of hydrogen-bond donors (Lipinski definition) is 1. The van der Waals surface area contributed by atoms with Crippen molar-refractivity contribution in [2.24, 2.45) is 0 Å². The van der Waals surface area contributed by atoms with Crippen LogP contribution < -0.4 is 5.32 Å². The molecule has 0 heterocycles. The lowest BCUT2D eigenvalue weighted by Gasteiger charge is -1.97. The van der Waals surface area contributed by atoms with Gasteiger partial charge in [0.2, 0.25) is 0 Å². The maximum atomic E-state index is 5.79. The zero-order valence-electron chi connectivity index (χ0n) is 8.46. The Hall–Kier alpha value is -0.790. The summed E-state index contributed by atoms with van der Waals surface area (Å²) in [6, 6.07) is 8.03. The third-order valence-electron chi connectivity index (χ3n) is 2.00. The van der Waals surface area contributed by atoms with Crippen LogP contribution in [0.2, 0.25) is 5.02 Å². The normalized spacial score (nSPS) is 11.0. The molecule has 0 saturated carbocycles. The van der Waals surface area contributed by atoms with E-state index < -0.39 is 0 Å². The molecule has 0 aromatic heterocycles.